The van der Waals surface area contributed by atoms with Gasteiger partial charge >= 0.3 is 0 Å². The van der Waals surface area contributed by atoms with Gasteiger partial charge in [0.1, 0.15) is 0 Å². The third-order valence-corrected chi connectivity index (χ3v) is 5.36. The van der Waals surface area contributed by atoms with Crippen LogP contribution in [0.25, 0.3) is 0 Å². The van der Waals surface area contributed by atoms with Crippen LogP contribution in [-0.4, -0.2) is 31.9 Å². The van der Waals surface area contributed by atoms with Crippen LogP contribution in [0.15, 0.2) is 12.1 Å². The number of sulfone groups is 1. The minimum atomic E-state index is -3.04. The number of rotatable bonds is 5. The molecule has 7 heteroatoms. The second-order valence-corrected chi connectivity index (χ2v) is 7.76. The van der Waals surface area contributed by atoms with Crippen molar-refractivity contribution < 1.29 is 13.2 Å². The average molecular weight is 317 g/mol. The first-order valence-corrected chi connectivity index (χ1v) is 8.60. The lowest BCUT2D eigenvalue weighted by Gasteiger charge is -2.17. The summed E-state index contributed by atoms with van der Waals surface area (Å²) in [5, 5.41) is 6.28. The third-order valence-electron chi connectivity index (χ3n) is 3.16. The molecule has 5 nitrogen and oxygen atoms in total. The van der Waals surface area contributed by atoms with E-state index < -0.39 is 9.84 Å². The van der Waals surface area contributed by atoms with Gasteiger partial charge in [0.15, 0.2) is 9.84 Å². The second kappa shape index (κ2) is 5.61. The quantitative estimate of drug-likeness (QED) is 0.872. The highest BCUT2D eigenvalue weighted by molar-refractivity contribution is 7.91. The van der Waals surface area contributed by atoms with E-state index in [1.807, 2.05) is 0 Å². The summed E-state index contributed by atoms with van der Waals surface area (Å²) in [5.74, 6) is 0.110. The van der Waals surface area contributed by atoms with E-state index >= 15 is 0 Å². The molecule has 20 heavy (non-hydrogen) atoms. The maximum Gasteiger partial charge on any atom is 0.228 e. The molecule has 0 saturated heterocycles. The average Bonchev–Trinajstić information content (AvgIpc) is 2.68. The van der Waals surface area contributed by atoms with Crippen molar-refractivity contribution >= 4 is 38.7 Å². The van der Waals surface area contributed by atoms with Crippen LogP contribution in [0.3, 0.4) is 0 Å². The fraction of sp³-hybridized carbons (Fsp3) is 0.462. The number of carbonyl (C=O) groups excluding carboxylic acids is 1. The van der Waals surface area contributed by atoms with Crippen LogP contribution < -0.4 is 10.6 Å². The lowest BCUT2D eigenvalue weighted by atomic mass is 10.1. The van der Waals surface area contributed by atoms with Crippen molar-refractivity contribution in [1.82, 2.24) is 0 Å². The summed E-state index contributed by atoms with van der Waals surface area (Å²) in [6, 6.07) is 3.23. The van der Waals surface area contributed by atoms with Crippen LogP contribution in [0.1, 0.15) is 19.4 Å². The van der Waals surface area contributed by atoms with Crippen LogP contribution in [0.5, 0.6) is 0 Å². The minimum absolute atomic E-state index is 0.0497. The first-order valence-electron chi connectivity index (χ1n) is 6.40. The van der Waals surface area contributed by atoms with Gasteiger partial charge in [0.05, 0.1) is 22.9 Å². The van der Waals surface area contributed by atoms with Gasteiger partial charge in [-0.2, -0.15) is 0 Å². The maximum atomic E-state index is 11.6. The topological polar surface area (TPSA) is 75.3 Å². The number of anilines is 2. The van der Waals surface area contributed by atoms with Crippen molar-refractivity contribution in [3.8, 4) is 0 Å². The molecule has 0 bridgehead atoms. The number of hydrogen-bond acceptors (Lipinski definition) is 4. The number of fused-ring (bicyclic) bond motifs is 1. The molecule has 0 aliphatic carbocycles. The van der Waals surface area contributed by atoms with Gasteiger partial charge in [-0.25, -0.2) is 8.42 Å². The van der Waals surface area contributed by atoms with Gasteiger partial charge in [-0.3, -0.25) is 4.79 Å². The zero-order valence-corrected chi connectivity index (χ0v) is 12.9. The molecule has 0 spiro atoms. The largest absolute Gasteiger partial charge is 0.380 e. The molecule has 1 amide bonds. The van der Waals surface area contributed by atoms with E-state index in [2.05, 4.69) is 10.6 Å². The van der Waals surface area contributed by atoms with E-state index in [4.69, 9.17) is 11.6 Å². The van der Waals surface area contributed by atoms with E-state index in [0.29, 0.717) is 17.1 Å². The van der Waals surface area contributed by atoms with E-state index in [0.717, 1.165) is 11.3 Å². The summed E-state index contributed by atoms with van der Waals surface area (Å²) < 4.78 is 23.2. The molecule has 1 heterocycles. The maximum absolute atomic E-state index is 11.6. The van der Waals surface area contributed by atoms with E-state index in [9.17, 15) is 13.2 Å². The Morgan fingerprint density at radius 1 is 1.45 bits per heavy atom. The number of halogens is 1. The van der Waals surface area contributed by atoms with Crippen LogP contribution in [0.4, 0.5) is 11.4 Å². The molecule has 2 rings (SSSR count). The van der Waals surface area contributed by atoms with E-state index in [1.165, 1.54) is 0 Å². The Morgan fingerprint density at radius 3 is 2.80 bits per heavy atom. The van der Waals surface area contributed by atoms with Crippen LogP contribution in [-0.2, 0) is 21.1 Å². The molecule has 2 N–H and O–H groups in total. The third kappa shape index (κ3) is 3.43. The normalized spacial score (nSPS) is 15.7. The number of amides is 1. The lowest BCUT2D eigenvalue weighted by Crippen LogP contribution is -2.26. The molecule has 1 aliphatic rings. The van der Waals surface area contributed by atoms with E-state index in [1.54, 1.807) is 26.0 Å². The Hall–Kier alpha value is -1.27. The molecule has 0 fully saturated rings. The van der Waals surface area contributed by atoms with Crippen LogP contribution in [0, 0.1) is 0 Å². The smallest absolute Gasteiger partial charge is 0.228 e. The highest BCUT2D eigenvalue weighted by Crippen LogP contribution is 2.33. The predicted molar refractivity (Wildman–Crippen MR) is 81.2 cm³/mol. The molecule has 1 aromatic rings. The van der Waals surface area contributed by atoms with Crippen molar-refractivity contribution in [3.63, 3.8) is 0 Å². The monoisotopic (exact) mass is 316 g/mol. The highest BCUT2D eigenvalue weighted by Gasteiger charge is 2.21. The Labute approximate surface area is 123 Å². The molecule has 110 valence electrons. The van der Waals surface area contributed by atoms with Gasteiger partial charge in [0.2, 0.25) is 5.91 Å². The Balaban J connectivity index is 2.15. The summed E-state index contributed by atoms with van der Waals surface area (Å²) in [7, 11) is -3.04. The lowest BCUT2D eigenvalue weighted by molar-refractivity contribution is -0.115. The van der Waals surface area contributed by atoms with Gasteiger partial charge in [-0.05, 0) is 24.6 Å². The summed E-state index contributed by atoms with van der Waals surface area (Å²) in [6.07, 6.45) is 0.322. The SMILES string of the molecule is CCS(=O)(=O)CC(C)Nc1cc2c(cc1Cl)NC(=O)C2. The first-order chi connectivity index (χ1) is 9.30. The molecule has 1 atom stereocenters. The molecule has 1 aromatic carbocycles. The van der Waals surface area contributed by atoms with Gasteiger partial charge in [-0.1, -0.05) is 18.5 Å². The Kier molecular flexibility index (Phi) is 4.25. The van der Waals surface area contributed by atoms with Gasteiger partial charge in [0, 0.05) is 17.5 Å². The number of nitrogens with one attached hydrogen (secondary N) is 2. The fourth-order valence-electron chi connectivity index (χ4n) is 2.16. The number of hydrogen-bond donors (Lipinski definition) is 2. The summed E-state index contributed by atoms with van der Waals surface area (Å²) in [6.45, 7) is 3.42. The van der Waals surface area contributed by atoms with Crippen molar-refractivity contribution in [2.24, 2.45) is 0 Å². The van der Waals surface area contributed by atoms with Crippen molar-refractivity contribution in [2.75, 3.05) is 22.1 Å². The summed E-state index contributed by atoms with van der Waals surface area (Å²) in [4.78, 5) is 11.3. The van der Waals surface area contributed by atoms with E-state index in [-0.39, 0.29) is 23.5 Å². The molecular formula is C13H17ClN2O3S. The first kappa shape index (κ1) is 15.1. The molecule has 0 radical (unpaired) electrons. The minimum Gasteiger partial charge on any atom is -0.380 e. The van der Waals surface area contributed by atoms with Crippen LogP contribution >= 0.6 is 11.6 Å². The summed E-state index contributed by atoms with van der Waals surface area (Å²) >= 11 is 6.14. The van der Waals surface area contributed by atoms with Crippen LogP contribution in [0.2, 0.25) is 5.02 Å². The molecular weight excluding hydrogens is 300 g/mol. The summed E-state index contributed by atoms with van der Waals surface area (Å²) in [5.41, 5.74) is 2.24. The number of benzene rings is 1. The molecule has 1 unspecified atom stereocenters. The molecule has 1 aliphatic heterocycles. The van der Waals surface area contributed by atoms with Gasteiger partial charge in [-0.15, -0.1) is 0 Å². The highest BCUT2D eigenvalue weighted by atomic mass is 35.5. The fourth-order valence-corrected chi connectivity index (χ4v) is 3.46. The molecule has 0 saturated carbocycles. The van der Waals surface area contributed by atoms with Crippen molar-refractivity contribution in [2.45, 2.75) is 26.3 Å². The van der Waals surface area contributed by atoms with Crippen molar-refractivity contribution in [3.05, 3.63) is 22.7 Å². The zero-order valence-electron chi connectivity index (χ0n) is 11.4. The predicted octanol–water partition coefficient (Wildman–Crippen LogP) is 2.07. The zero-order chi connectivity index (χ0) is 14.9. The van der Waals surface area contributed by atoms with Gasteiger partial charge < -0.3 is 10.6 Å². The van der Waals surface area contributed by atoms with Crippen molar-refractivity contribution in [1.29, 1.82) is 0 Å². The Morgan fingerprint density at radius 2 is 2.15 bits per heavy atom. The Bertz CT molecular complexity index is 643. The standard InChI is InChI=1S/C13H17ClN2O3S/c1-3-20(18,19)7-8(2)15-12-4-9-5-13(17)16-11(9)6-10(12)14/h4,6,8,15H,3,5,7H2,1-2H3,(H,16,17). The number of carbonyl (C=O) groups is 1. The second-order valence-electron chi connectivity index (χ2n) is 4.96. The molecule has 0 aromatic heterocycles. The van der Waals surface area contributed by atoms with Gasteiger partial charge in [0.25, 0.3) is 0 Å².